The van der Waals surface area contributed by atoms with Crippen LogP contribution in [-0.2, 0) is 71.7 Å². The first-order valence-corrected chi connectivity index (χ1v) is 31.0. The molecule has 0 aliphatic heterocycles. The molecule has 12 N–H and O–H groups in total. The highest BCUT2D eigenvalue weighted by Gasteiger charge is 2.25. The van der Waals surface area contributed by atoms with Crippen LogP contribution in [0.4, 0.5) is 0 Å². The molecular formula is C59H107N7O20. The number of aliphatic hydroxyl groups is 1. The van der Waals surface area contributed by atoms with E-state index in [2.05, 4.69) is 37.2 Å². The van der Waals surface area contributed by atoms with Crippen molar-refractivity contribution >= 4 is 65.1 Å². The summed E-state index contributed by atoms with van der Waals surface area (Å²) >= 11 is 0. The highest BCUT2D eigenvalue weighted by Crippen LogP contribution is 2.15. The van der Waals surface area contributed by atoms with Gasteiger partial charge < -0.3 is 81.7 Å². The summed E-state index contributed by atoms with van der Waals surface area (Å²) in [5.74, 6) is -7.55. The van der Waals surface area contributed by atoms with Crippen LogP contribution in [-0.4, -0.2) is 201 Å². The maximum atomic E-state index is 12.3. The largest absolute Gasteiger partial charge is 0.481 e. The summed E-state index contributed by atoms with van der Waals surface area (Å²) in [6.07, 6.45) is 22.3. The third kappa shape index (κ3) is 54.8. The monoisotopic (exact) mass is 1230 g/mol. The van der Waals surface area contributed by atoms with Crippen molar-refractivity contribution < 1.29 is 97.2 Å². The molecule has 86 heavy (non-hydrogen) atoms. The number of carbonyl (C=O) groups excluding carboxylic acids is 7. The number of hydrogen-bond acceptors (Lipinski definition) is 17. The van der Waals surface area contributed by atoms with Crippen molar-refractivity contribution in [1.29, 1.82) is 0 Å². The summed E-state index contributed by atoms with van der Waals surface area (Å²) in [7, 11) is 1.61. The van der Waals surface area contributed by atoms with Gasteiger partial charge in [-0.2, -0.15) is 0 Å². The number of aliphatic hydroxyl groups excluding tert-OH is 1. The molecule has 0 radical (unpaired) electrons. The fraction of sp³-hybridized carbons (Fsp3) is 0.814. The second kappa shape index (κ2) is 58.2. The molecule has 27 nitrogen and oxygen atoms in total. The number of amides is 6. The molecule has 6 amide bonds. The normalized spacial score (nSPS) is 12.3. The van der Waals surface area contributed by atoms with E-state index in [1.54, 1.807) is 7.05 Å². The molecule has 0 aromatic heterocycles. The lowest BCUT2D eigenvalue weighted by Crippen LogP contribution is -2.45. The van der Waals surface area contributed by atoms with Crippen molar-refractivity contribution in [1.82, 2.24) is 37.2 Å². The van der Waals surface area contributed by atoms with Gasteiger partial charge in [-0.05, 0) is 65.3 Å². The van der Waals surface area contributed by atoms with Gasteiger partial charge in [0.2, 0.25) is 35.4 Å². The Morgan fingerprint density at radius 2 is 0.744 bits per heavy atom. The van der Waals surface area contributed by atoms with Gasteiger partial charge in [-0.1, -0.05) is 103 Å². The Bertz CT molecular complexity index is 1880. The van der Waals surface area contributed by atoms with Crippen LogP contribution in [0, 0.1) is 0 Å². The van der Waals surface area contributed by atoms with Crippen molar-refractivity contribution in [2.24, 2.45) is 0 Å². The van der Waals surface area contributed by atoms with E-state index in [-0.39, 0.29) is 75.4 Å². The Hall–Kier alpha value is -5.87. The Balaban J connectivity index is 0. The van der Waals surface area contributed by atoms with Crippen molar-refractivity contribution in [3.8, 4) is 0 Å². The standard InChI is InChI=1S/C33H62N2O8.C26H45N5O12/c1-2-42-27-28-43-26-25-34-30(36)24-23-29(33(40)41)35-31(37)21-19-17-15-13-11-9-7-5-3-4-6-8-10-12-14-16-18-20-22-32(38)39;1-17(33)28-11-12-42-13-14-43-16-24(37)31-20(26(40)41)7-9-23(36)30-19(25(38)39)6-8-22(35)29-10-4-3-5-18(27-2)21(34)15-32/h29H,2-28H2,1H3,(H,34,36)(H,35,37)(H,38,39)(H,40,41);18-20,27,32H,3-16H2,1-2H3,(H,28,33)(H,29,35)(H,30,36)(H,31,37)(H,38,39)(H,40,41)/t29-;18-,19-,20-/m00/s1. The zero-order valence-electron chi connectivity index (χ0n) is 51.7. The maximum Gasteiger partial charge on any atom is 0.326 e. The molecule has 0 heterocycles. The number of ketones is 1. The van der Waals surface area contributed by atoms with Crippen molar-refractivity contribution in [3.63, 3.8) is 0 Å². The molecule has 0 spiro atoms. The quantitative estimate of drug-likeness (QED) is 0.0386. The third-order valence-electron chi connectivity index (χ3n) is 13.4. The molecule has 0 unspecified atom stereocenters. The lowest BCUT2D eigenvalue weighted by atomic mass is 10.0. The summed E-state index contributed by atoms with van der Waals surface area (Å²) in [4.78, 5) is 128. The van der Waals surface area contributed by atoms with Crippen molar-refractivity contribution in [2.45, 2.75) is 224 Å². The van der Waals surface area contributed by atoms with Gasteiger partial charge in [-0.25, -0.2) is 14.4 Å². The molecule has 0 fully saturated rings. The van der Waals surface area contributed by atoms with Crippen molar-refractivity contribution in [2.75, 3.05) is 86.1 Å². The summed E-state index contributed by atoms with van der Waals surface area (Å²) in [6.45, 7) is 5.65. The number of rotatable bonds is 59. The number of carbonyl (C=O) groups is 11. The number of ether oxygens (including phenoxy) is 4. The number of Topliss-reactive ketones (excluding diaryl/α,β-unsaturated/α-hetero) is 1. The SMILES string of the molecule is CCOCCOCCNC(=O)CC[C@H](NC(=O)CCCCCCCCCCCCCCCCCCCCC(=O)O)C(=O)O.CN[C@@H](CCCCNC(=O)CC[C@H](NC(=O)CC[C@H](NC(=O)COCCOCCNC(C)=O)C(=O)O)C(=O)O)C(=O)CO. The highest BCUT2D eigenvalue weighted by atomic mass is 16.5. The van der Waals surface area contributed by atoms with Crippen LogP contribution in [0.2, 0.25) is 0 Å². The van der Waals surface area contributed by atoms with Crippen LogP contribution in [0.3, 0.4) is 0 Å². The molecule has 0 aromatic carbocycles. The lowest BCUT2D eigenvalue weighted by Gasteiger charge is -2.17. The average Bonchev–Trinajstić information content (AvgIpc) is 3.65. The topological polar surface area (TPSA) is 410 Å². The van der Waals surface area contributed by atoms with Gasteiger partial charge in [0.25, 0.3) is 0 Å². The number of nitrogens with one attached hydrogen (secondary N) is 7. The van der Waals surface area contributed by atoms with Crippen LogP contribution >= 0.6 is 0 Å². The zero-order valence-corrected chi connectivity index (χ0v) is 51.7. The molecular weight excluding hydrogens is 1130 g/mol. The van der Waals surface area contributed by atoms with E-state index in [0.29, 0.717) is 78.2 Å². The molecule has 0 saturated carbocycles. The number of unbranched alkanes of at least 4 members (excludes halogenated alkanes) is 18. The van der Waals surface area contributed by atoms with Gasteiger partial charge in [0.1, 0.15) is 31.3 Å². The predicted molar refractivity (Wildman–Crippen MR) is 319 cm³/mol. The lowest BCUT2D eigenvalue weighted by molar-refractivity contribution is -0.144. The number of likely N-dealkylation sites (N-methyl/N-ethyl adjacent to an activating group) is 1. The van der Waals surface area contributed by atoms with Gasteiger partial charge in [0, 0.05) is 65.3 Å². The molecule has 0 aliphatic carbocycles. The minimum atomic E-state index is -1.42. The fourth-order valence-corrected chi connectivity index (χ4v) is 8.52. The van der Waals surface area contributed by atoms with E-state index in [1.165, 1.54) is 84.0 Å². The summed E-state index contributed by atoms with van der Waals surface area (Å²) in [5, 5.41) is 63.4. The summed E-state index contributed by atoms with van der Waals surface area (Å²) < 4.78 is 20.8. The number of carboxylic acids is 4. The highest BCUT2D eigenvalue weighted by molar-refractivity contribution is 5.87. The molecule has 0 bridgehead atoms. The Kier molecular flexibility index (Phi) is 55.6. The Morgan fingerprint density at radius 1 is 0.372 bits per heavy atom. The zero-order chi connectivity index (χ0) is 64.4. The number of aliphatic carboxylic acids is 4. The maximum absolute atomic E-state index is 12.3. The molecule has 498 valence electrons. The van der Waals surface area contributed by atoms with E-state index >= 15 is 0 Å². The molecule has 4 atom stereocenters. The molecule has 0 aromatic rings. The average molecular weight is 1230 g/mol. The van der Waals surface area contributed by atoms with Gasteiger partial charge in [-0.15, -0.1) is 0 Å². The predicted octanol–water partition coefficient (Wildman–Crippen LogP) is 3.68. The smallest absolute Gasteiger partial charge is 0.326 e. The Labute approximate surface area is 508 Å². The van der Waals surface area contributed by atoms with Gasteiger partial charge in [0.15, 0.2) is 5.78 Å². The third-order valence-corrected chi connectivity index (χ3v) is 13.4. The minimum absolute atomic E-state index is 0.0239. The summed E-state index contributed by atoms with van der Waals surface area (Å²) in [5.41, 5.74) is 0. The van der Waals surface area contributed by atoms with Crippen LogP contribution in [0.1, 0.15) is 200 Å². The fourth-order valence-electron chi connectivity index (χ4n) is 8.52. The van der Waals surface area contributed by atoms with E-state index in [4.69, 9.17) is 29.2 Å². The van der Waals surface area contributed by atoms with Crippen LogP contribution < -0.4 is 37.2 Å². The Morgan fingerprint density at radius 3 is 1.15 bits per heavy atom. The van der Waals surface area contributed by atoms with E-state index in [0.717, 1.165) is 38.5 Å². The second-order valence-electron chi connectivity index (χ2n) is 20.9. The van der Waals surface area contributed by atoms with Gasteiger partial charge in [0.05, 0.1) is 45.7 Å². The first-order valence-electron chi connectivity index (χ1n) is 31.0. The molecule has 27 heteroatoms. The molecule has 0 rings (SSSR count). The van der Waals surface area contributed by atoms with Crippen LogP contribution in [0.5, 0.6) is 0 Å². The molecule has 0 aliphatic rings. The van der Waals surface area contributed by atoms with Gasteiger partial charge >= 0.3 is 23.9 Å². The molecule has 0 saturated heterocycles. The first-order chi connectivity index (χ1) is 41.3. The first kappa shape index (κ1) is 82.2. The number of hydrogen-bond donors (Lipinski definition) is 12. The van der Waals surface area contributed by atoms with E-state index in [1.807, 2.05) is 6.92 Å². The summed E-state index contributed by atoms with van der Waals surface area (Å²) in [6, 6.07) is -4.34. The van der Waals surface area contributed by atoms with Crippen LogP contribution in [0.25, 0.3) is 0 Å². The second-order valence-corrected chi connectivity index (χ2v) is 20.9. The number of carboxylic acid groups (broad SMARTS) is 4. The van der Waals surface area contributed by atoms with E-state index < -0.39 is 85.4 Å². The van der Waals surface area contributed by atoms with Gasteiger partial charge in [-0.3, -0.25) is 38.4 Å². The van der Waals surface area contributed by atoms with E-state index in [9.17, 15) is 68.1 Å². The van der Waals surface area contributed by atoms with Crippen molar-refractivity contribution in [3.05, 3.63) is 0 Å². The minimum Gasteiger partial charge on any atom is -0.481 e. The van der Waals surface area contributed by atoms with Crippen LogP contribution in [0.15, 0.2) is 0 Å².